The zero-order valence-electron chi connectivity index (χ0n) is 9.69. The van der Waals surface area contributed by atoms with Crippen LogP contribution in [0.4, 0.5) is 0 Å². The molecule has 0 aliphatic rings. The van der Waals surface area contributed by atoms with Gasteiger partial charge in [-0.15, -0.1) is 0 Å². The van der Waals surface area contributed by atoms with E-state index in [4.69, 9.17) is 4.74 Å². The fourth-order valence-electron chi connectivity index (χ4n) is 1.09. The lowest BCUT2D eigenvalue weighted by atomic mass is 10.1. The first-order chi connectivity index (χ1) is 7.48. The fraction of sp³-hybridized carbons (Fsp3) is 0.214. The minimum absolute atomic E-state index is 0.347. The summed E-state index contributed by atoms with van der Waals surface area (Å²) in [6.07, 6.45) is 3.33. The zero-order valence-corrected chi connectivity index (χ0v) is 9.69. The maximum Gasteiger partial charge on any atom is 0.338 e. The van der Waals surface area contributed by atoms with Crippen LogP contribution in [0.15, 0.2) is 43.5 Å². The van der Waals surface area contributed by atoms with Gasteiger partial charge in [0.2, 0.25) is 0 Å². The van der Waals surface area contributed by atoms with E-state index < -0.39 is 5.60 Å². The number of rotatable bonds is 4. The van der Waals surface area contributed by atoms with Gasteiger partial charge in [0.1, 0.15) is 5.60 Å². The summed E-state index contributed by atoms with van der Waals surface area (Å²) in [5, 5.41) is 0. The standard InChI is InChI=1S/C14H16O2/c1-5-11-7-9-12(10-8-11)13(15)16-14(3,4)6-2/h5-10H,1-2H2,3-4H3. The third-order valence-corrected chi connectivity index (χ3v) is 2.23. The van der Waals surface area contributed by atoms with Crippen LogP contribution >= 0.6 is 0 Å². The van der Waals surface area contributed by atoms with E-state index in [9.17, 15) is 4.79 Å². The molecule has 0 N–H and O–H groups in total. The second-order valence-electron chi connectivity index (χ2n) is 4.02. The molecule has 1 rings (SSSR count). The largest absolute Gasteiger partial charge is 0.452 e. The van der Waals surface area contributed by atoms with Crippen molar-refractivity contribution in [3.05, 3.63) is 54.6 Å². The Labute approximate surface area is 96.2 Å². The SMILES string of the molecule is C=Cc1ccc(C(=O)OC(C)(C)C=C)cc1. The molecule has 16 heavy (non-hydrogen) atoms. The molecule has 0 heterocycles. The first-order valence-electron chi connectivity index (χ1n) is 5.08. The van der Waals surface area contributed by atoms with Gasteiger partial charge < -0.3 is 4.74 Å². The highest BCUT2D eigenvalue weighted by Gasteiger charge is 2.19. The van der Waals surface area contributed by atoms with Crippen LogP contribution in [0.3, 0.4) is 0 Å². The van der Waals surface area contributed by atoms with E-state index in [1.807, 2.05) is 12.1 Å². The van der Waals surface area contributed by atoms with Crippen molar-refractivity contribution >= 4 is 12.0 Å². The number of carbonyl (C=O) groups excluding carboxylic acids is 1. The Balaban J connectivity index is 2.81. The maximum atomic E-state index is 11.7. The Kier molecular flexibility index (Phi) is 3.67. The molecule has 0 saturated heterocycles. The van der Waals surface area contributed by atoms with E-state index in [1.165, 1.54) is 0 Å². The van der Waals surface area contributed by atoms with E-state index in [0.717, 1.165) is 5.56 Å². The normalized spacial score (nSPS) is 10.6. The van der Waals surface area contributed by atoms with Gasteiger partial charge in [-0.05, 0) is 37.6 Å². The van der Waals surface area contributed by atoms with Gasteiger partial charge in [0.05, 0.1) is 5.56 Å². The van der Waals surface area contributed by atoms with Crippen LogP contribution in [0.5, 0.6) is 0 Å². The summed E-state index contributed by atoms with van der Waals surface area (Å²) in [4.78, 5) is 11.7. The molecule has 0 fully saturated rings. The summed E-state index contributed by atoms with van der Waals surface area (Å²) >= 11 is 0. The molecule has 0 aromatic heterocycles. The third kappa shape index (κ3) is 3.09. The molecule has 0 spiro atoms. The molecule has 2 heteroatoms. The topological polar surface area (TPSA) is 26.3 Å². The number of hydrogen-bond acceptors (Lipinski definition) is 2. The smallest absolute Gasteiger partial charge is 0.338 e. The molecular formula is C14H16O2. The van der Waals surface area contributed by atoms with Gasteiger partial charge in [-0.3, -0.25) is 0 Å². The summed E-state index contributed by atoms with van der Waals surface area (Å²) < 4.78 is 5.26. The van der Waals surface area contributed by atoms with Crippen molar-refractivity contribution in [1.29, 1.82) is 0 Å². The van der Waals surface area contributed by atoms with Crippen LogP contribution in [-0.2, 0) is 4.74 Å². The van der Waals surface area contributed by atoms with Crippen LogP contribution in [0, 0.1) is 0 Å². The van der Waals surface area contributed by atoms with Crippen molar-refractivity contribution in [2.75, 3.05) is 0 Å². The number of benzene rings is 1. The van der Waals surface area contributed by atoms with Crippen molar-refractivity contribution < 1.29 is 9.53 Å². The van der Waals surface area contributed by atoms with Crippen LogP contribution in [0.2, 0.25) is 0 Å². The van der Waals surface area contributed by atoms with Gasteiger partial charge in [-0.1, -0.05) is 31.4 Å². The highest BCUT2D eigenvalue weighted by atomic mass is 16.6. The molecule has 0 aliphatic heterocycles. The van der Waals surface area contributed by atoms with E-state index in [-0.39, 0.29) is 5.97 Å². The first kappa shape index (κ1) is 12.2. The average molecular weight is 216 g/mol. The zero-order chi connectivity index (χ0) is 12.2. The molecule has 0 bridgehead atoms. The number of esters is 1. The second-order valence-corrected chi connectivity index (χ2v) is 4.02. The molecule has 0 saturated carbocycles. The molecule has 0 radical (unpaired) electrons. The highest BCUT2D eigenvalue weighted by Crippen LogP contribution is 2.14. The summed E-state index contributed by atoms with van der Waals surface area (Å²) in [6.45, 7) is 10.8. The van der Waals surface area contributed by atoms with Crippen molar-refractivity contribution in [3.8, 4) is 0 Å². The van der Waals surface area contributed by atoms with E-state index in [2.05, 4.69) is 13.2 Å². The van der Waals surface area contributed by atoms with Gasteiger partial charge in [0.15, 0.2) is 0 Å². The predicted molar refractivity (Wildman–Crippen MR) is 66.2 cm³/mol. The molecule has 1 aromatic rings. The van der Waals surface area contributed by atoms with Gasteiger partial charge in [0.25, 0.3) is 0 Å². The number of hydrogen-bond donors (Lipinski definition) is 0. The van der Waals surface area contributed by atoms with Gasteiger partial charge >= 0.3 is 5.97 Å². The van der Waals surface area contributed by atoms with Crippen LogP contribution < -0.4 is 0 Å². The Morgan fingerprint density at radius 3 is 2.25 bits per heavy atom. The lowest BCUT2D eigenvalue weighted by Gasteiger charge is -2.20. The maximum absolute atomic E-state index is 11.7. The minimum atomic E-state index is -0.645. The monoisotopic (exact) mass is 216 g/mol. The van der Waals surface area contributed by atoms with E-state index in [0.29, 0.717) is 5.56 Å². The molecule has 0 aliphatic carbocycles. The van der Waals surface area contributed by atoms with Crippen molar-refractivity contribution in [2.24, 2.45) is 0 Å². The van der Waals surface area contributed by atoms with Crippen LogP contribution in [0.25, 0.3) is 6.08 Å². The number of ether oxygens (including phenoxy) is 1. The Hall–Kier alpha value is -1.83. The van der Waals surface area contributed by atoms with Crippen LogP contribution in [0.1, 0.15) is 29.8 Å². The molecule has 0 atom stereocenters. The molecule has 84 valence electrons. The Bertz CT molecular complexity index is 399. The van der Waals surface area contributed by atoms with Crippen molar-refractivity contribution in [3.63, 3.8) is 0 Å². The highest BCUT2D eigenvalue weighted by molar-refractivity contribution is 5.90. The Morgan fingerprint density at radius 2 is 1.81 bits per heavy atom. The van der Waals surface area contributed by atoms with Crippen LogP contribution in [-0.4, -0.2) is 11.6 Å². The van der Waals surface area contributed by atoms with E-state index >= 15 is 0 Å². The van der Waals surface area contributed by atoms with Gasteiger partial charge in [0, 0.05) is 0 Å². The fourth-order valence-corrected chi connectivity index (χ4v) is 1.09. The summed E-state index contributed by atoms with van der Waals surface area (Å²) in [5.74, 6) is -0.347. The molecule has 0 amide bonds. The molecule has 2 nitrogen and oxygen atoms in total. The minimum Gasteiger partial charge on any atom is -0.452 e. The van der Waals surface area contributed by atoms with Gasteiger partial charge in [-0.2, -0.15) is 0 Å². The predicted octanol–water partition coefficient (Wildman–Crippen LogP) is 3.45. The number of carbonyl (C=O) groups is 1. The lowest BCUT2D eigenvalue weighted by molar-refractivity contribution is 0.0174. The lowest BCUT2D eigenvalue weighted by Crippen LogP contribution is -2.25. The average Bonchev–Trinajstić information content (AvgIpc) is 2.28. The second kappa shape index (κ2) is 4.79. The Morgan fingerprint density at radius 1 is 1.25 bits per heavy atom. The quantitative estimate of drug-likeness (QED) is 0.569. The molecular weight excluding hydrogens is 200 g/mol. The molecule has 1 aromatic carbocycles. The third-order valence-electron chi connectivity index (χ3n) is 2.23. The summed E-state index contributed by atoms with van der Waals surface area (Å²) in [5.41, 5.74) is 0.855. The summed E-state index contributed by atoms with van der Waals surface area (Å²) in [6, 6.07) is 7.09. The van der Waals surface area contributed by atoms with E-state index in [1.54, 1.807) is 38.1 Å². The first-order valence-corrected chi connectivity index (χ1v) is 5.08. The van der Waals surface area contributed by atoms with Crippen molar-refractivity contribution in [2.45, 2.75) is 19.4 Å². The van der Waals surface area contributed by atoms with Crippen molar-refractivity contribution in [1.82, 2.24) is 0 Å². The molecule has 0 unspecified atom stereocenters. The van der Waals surface area contributed by atoms with Gasteiger partial charge in [-0.25, -0.2) is 4.79 Å². The summed E-state index contributed by atoms with van der Waals surface area (Å²) in [7, 11) is 0.